The Balaban J connectivity index is 2.30. The van der Waals surface area contributed by atoms with Crippen LogP contribution in [0.3, 0.4) is 0 Å². The summed E-state index contributed by atoms with van der Waals surface area (Å²) < 4.78 is 28.5. The number of nitrogens with zero attached hydrogens (tertiary/aromatic N) is 4. The molecule has 0 saturated heterocycles. The predicted octanol–water partition coefficient (Wildman–Crippen LogP) is 0.615. The van der Waals surface area contributed by atoms with E-state index in [2.05, 4.69) is 25.1 Å². The highest BCUT2D eigenvalue weighted by Gasteiger charge is 2.18. The second kappa shape index (κ2) is 5.45. The molecule has 2 N–H and O–H groups in total. The molecule has 0 aliphatic heterocycles. The average Bonchev–Trinajstić information content (AvgIpc) is 2.78. The highest BCUT2D eigenvalue weighted by Crippen LogP contribution is 2.19. The van der Waals surface area contributed by atoms with Gasteiger partial charge in [-0.15, -0.1) is 0 Å². The third-order valence-electron chi connectivity index (χ3n) is 2.65. The minimum absolute atomic E-state index is 0.00223. The minimum Gasteiger partial charge on any atom is -0.357 e. The summed E-state index contributed by atoms with van der Waals surface area (Å²) in [6.45, 7) is 1.91. The normalized spacial score (nSPS) is 11.3. The number of aromatic nitrogens is 4. The van der Waals surface area contributed by atoms with Gasteiger partial charge in [0.1, 0.15) is 4.90 Å². The second-order valence-corrected chi connectivity index (χ2v) is 5.80. The van der Waals surface area contributed by atoms with Crippen LogP contribution in [0.1, 0.15) is 12.6 Å². The monoisotopic (exact) mass is 296 g/mol. The highest BCUT2D eigenvalue weighted by atomic mass is 32.2. The Morgan fingerprint density at radius 3 is 2.50 bits per heavy atom. The zero-order valence-corrected chi connectivity index (χ0v) is 12.3. The van der Waals surface area contributed by atoms with Crippen LogP contribution in [0.5, 0.6) is 0 Å². The molecule has 2 rings (SSSR count). The Kier molecular flexibility index (Phi) is 3.89. The Bertz CT molecular complexity index is 692. The number of hydrogen-bond acceptors (Lipinski definition) is 6. The Morgan fingerprint density at radius 1 is 1.30 bits per heavy atom. The molecule has 0 amide bonds. The van der Waals surface area contributed by atoms with E-state index < -0.39 is 10.0 Å². The first-order chi connectivity index (χ1) is 9.46. The van der Waals surface area contributed by atoms with Gasteiger partial charge in [-0.3, -0.25) is 9.40 Å². The topological polar surface area (TPSA) is 102 Å². The first-order valence-electron chi connectivity index (χ1n) is 6.01. The summed E-state index contributed by atoms with van der Waals surface area (Å²) in [6, 6.07) is 0. The molecule has 0 saturated carbocycles. The molecular weight excluding hydrogens is 280 g/mol. The van der Waals surface area contributed by atoms with Crippen LogP contribution in [0.25, 0.3) is 0 Å². The van der Waals surface area contributed by atoms with Crippen LogP contribution in [-0.4, -0.2) is 35.2 Å². The number of anilines is 2. The van der Waals surface area contributed by atoms with E-state index >= 15 is 0 Å². The van der Waals surface area contributed by atoms with Gasteiger partial charge in [-0.2, -0.15) is 5.10 Å². The van der Waals surface area contributed by atoms with E-state index in [0.29, 0.717) is 23.8 Å². The molecule has 2 aromatic rings. The summed E-state index contributed by atoms with van der Waals surface area (Å²) in [5, 5.41) is 6.91. The van der Waals surface area contributed by atoms with E-state index in [0.717, 1.165) is 0 Å². The maximum absolute atomic E-state index is 12.2. The van der Waals surface area contributed by atoms with Crippen LogP contribution >= 0.6 is 0 Å². The lowest BCUT2D eigenvalue weighted by molar-refractivity contribution is 0.600. The maximum atomic E-state index is 12.2. The van der Waals surface area contributed by atoms with Crippen LogP contribution in [0.4, 0.5) is 11.6 Å². The average molecular weight is 296 g/mol. The van der Waals surface area contributed by atoms with Crippen molar-refractivity contribution in [2.45, 2.75) is 18.2 Å². The molecule has 0 aliphatic carbocycles. The third-order valence-corrected chi connectivity index (χ3v) is 3.97. The summed E-state index contributed by atoms with van der Waals surface area (Å²) in [5.74, 6) is 0.361. The predicted molar refractivity (Wildman–Crippen MR) is 75.0 cm³/mol. The maximum Gasteiger partial charge on any atom is 0.265 e. The lowest BCUT2D eigenvalue weighted by Crippen LogP contribution is -2.14. The van der Waals surface area contributed by atoms with Gasteiger partial charge in [-0.25, -0.2) is 18.4 Å². The van der Waals surface area contributed by atoms with Crippen molar-refractivity contribution in [1.82, 2.24) is 19.7 Å². The van der Waals surface area contributed by atoms with Crippen LogP contribution in [0.15, 0.2) is 23.5 Å². The smallest absolute Gasteiger partial charge is 0.265 e. The molecule has 20 heavy (non-hydrogen) atoms. The van der Waals surface area contributed by atoms with E-state index in [-0.39, 0.29) is 4.90 Å². The van der Waals surface area contributed by atoms with Crippen LogP contribution in [-0.2, 0) is 23.5 Å². The quantitative estimate of drug-likeness (QED) is 0.838. The molecule has 0 unspecified atom stereocenters. The molecule has 8 nitrogen and oxygen atoms in total. The van der Waals surface area contributed by atoms with Gasteiger partial charge < -0.3 is 5.32 Å². The van der Waals surface area contributed by atoms with Crippen LogP contribution < -0.4 is 10.0 Å². The van der Waals surface area contributed by atoms with Gasteiger partial charge in [-0.1, -0.05) is 6.92 Å². The van der Waals surface area contributed by atoms with Gasteiger partial charge in [0.05, 0.1) is 23.8 Å². The zero-order valence-electron chi connectivity index (χ0n) is 11.5. The SMILES string of the molecule is CCc1nn(C)cc1NS(=O)(=O)c1cnc(NC)nc1. The number of aryl methyl sites for hydroxylation is 2. The van der Waals surface area contributed by atoms with Crippen LogP contribution in [0, 0.1) is 0 Å². The second-order valence-electron chi connectivity index (χ2n) is 4.11. The van der Waals surface area contributed by atoms with Crippen molar-refractivity contribution in [2.24, 2.45) is 7.05 Å². The van der Waals surface area contributed by atoms with Gasteiger partial charge in [0.2, 0.25) is 5.95 Å². The lowest BCUT2D eigenvalue weighted by Gasteiger charge is -2.07. The Labute approximate surface area is 117 Å². The summed E-state index contributed by atoms with van der Waals surface area (Å²) in [4.78, 5) is 7.78. The fourth-order valence-corrected chi connectivity index (χ4v) is 2.63. The molecule has 0 fully saturated rings. The highest BCUT2D eigenvalue weighted by molar-refractivity contribution is 7.92. The first-order valence-corrected chi connectivity index (χ1v) is 7.49. The van der Waals surface area contributed by atoms with E-state index in [1.54, 1.807) is 25.0 Å². The Hall–Kier alpha value is -2.16. The largest absolute Gasteiger partial charge is 0.357 e. The summed E-state index contributed by atoms with van der Waals surface area (Å²) in [7, 11) is -0.318. The zero-order chi connectivity index (χ0) is 14.8. The molecule has 0 bridgehead atoms. The number of sulfonamides is 1. The molecule has 0 aromatic carbocycles. The summed E-state index contributed by atoms with van der Waals surface area (Å²) >= 11 is 0. The number of rotatable bonds is 5. The van der Waals surface area contributed by atoms with Crippen molar-refractivity contribution in [3.05, 3.63) is 24.3 Å². The van der Waals surface area contributed by atoms with E-state index in [1.165, 1.54) is 12.4 Å². The first kappa shape index (κ1) is 14.3. The van der Waals surface area contributed by atoms with E-state index in [1.807, 2.05) is 6.92 Å². The number of hydrogen-bond donors (Lipinski definition) is 2. The molecule has 0 spiro atoms. The molecule has 2 aromatic heterocycles. The van der Waals surface area contributed by atoms with Gasteiger partial charge in [-0.05, 0) is 6.42 Å². The fourth-order valence-electron chi connectivity index (χ4n) is 1.67. The van der Waals surface area contributed by atoms with Crippen LogP contribution in [0.2, 0.25) is 0 Å². The molecule has 108 valence electrons. The summed E-state index contributed by atoms with van der Waals surface area (Å²) in [5.41, 5.74) is 1.15. The van der Waals surface area contributed by atoms with Crippen molar-refractivity contribution in [3.63, 3.8) is 0 Å². The molecule has 0 atom stereocenters. The third kappa shape index (κ3) is 2.87. The Morgan fingerprint density at radius 2 is 1.95 bits per heavy atom. The molecule has 0 radical (unpaired) electrons. The fraction of sp³-hybridized carbons (Fsp3) is 0.364. The van der Waals surface area contributed by atoms with Gasteiger partial charge in [0.15, 0.2) is 0 Å². The van der Waals surface area contributed by atoms with Crippen molar-refractivity contribution in [1.29, 1.82) is 0 Å². The molecule has 0 aliphatic rings. The van der Waals surface area contributed by atoms with Gasteiger partial charge in [0, 0.05) is 20.3 Å². The van der Waals surface area contributed by atoms with Gasteiger partial charge >= 0.3 is 0 Å². The van der Waals surface area contributed by atoms with Crippen molar-refractivity contribution in [2.75, 3.05) is 17.1 Å². The number of nitrogens with one attached hydrogen (secondary N) is 2. The van der Waals surface area contributed by atoms with E-state index in [9.17, 15) is 8.42 Å². The molecule has 9 heteroatoms. The minimum atomic E-state index is -3.71. The van der Waals surface area contributed by atoms with Crippen molar-refractivity contribution in [3.8, 4) is 0 Å². The van der Waals surface area contributed by atoms with Gasteiger partial charge in [0.25, 0.3) is 10.0 Å². The summed E-state index contributed by atoms with van der Waals surface area (Å²) in [6.07, 6.45) is 4.76. The lowest BCUT2D eigenvalue weighted by atomic mass is 10.3. The van der Waals surface area contributed by atoms with Crippen molar-refractivity contribution >= 4 is 21.7 Å². The van der Waals surface area contributed by atoms with E-state index in [4.69, 9.17) is 0 Å². The van der Waals surface area contributed by atoms with Crippen molar-refractivity contribution < 1.29 is 8.42 Å². The molecular formula is C11H16N6O2S. The standard InChI is InChI=1S/C11H16N6O2S/c1-4-9-10(7-17(3)15-9)16-20(18,19)8-5-13-11(12-2)14-6-8/h5-7,16H,4H2,1-3H3,(H,12,13,14). The molecule has 2 heterocycles.